The van der Waals surface area contributed by atoms with Crippen LogP contribution in [0.5, 0.6) is 0 Å². The highest BCUT2D eigenvalue weighted by molar-refractivity contribution is 7.10. The SMILES string of the molecule is CC(N)CCCC(=O)N[C@@H](C)c1cccs1. The Labute approximate surface area is 101 Å². The Kier molecular flexibility index (Phi) is 5.49. The molecular weight excluding hydrogens is 220 g/mol. The molecule has 0 spiro atoms. The molecule has 0 fully saturated rings. The molecule has 1 rings (SSSR count). The topological polar surface area (TPSA) is 55.1 Å². The van der Waals surface area contributed by atoms with Crippen molar-refractivity contribution >= 4 is 17.2 Å². The van der Waals surface area contributed by atoms with Gasteiger partial charge in [0, 0.05) is 17.3 Å². The van der Waals surface area contributed by atoms with Crippen molar-refractivity contribution in [1.82, 2.24) is 5.32 Å². The van der Waals surface area contributed by atoms with E-state index < -0.39 is 0 Å². The molecule has 2 atom stereocenters. The first kappa shape index (κ1) is 13.2. The molecule has 4 heteroatoms. The first-order valence-electron chi connectivity index (χ1n) is 5.68. The Hall–Kier alpha value is -0.870. The van der Waals surface area contributed by atoms with Crippen LogP contribution in [0.25, 0.3) is 0 Å². The molecule has 0 aliphatic heterocycles. The van der Waals surface area contributed by atoms with Gasteiger partial charge in [-0.3, -0.25) is 4.79 Å². The number of nitrogens with one attached hydrogen (secondary N) is 1. The van der Waals surface area contributed by atoms with E-state index in [0.29, 0.717) is 6.42 Å². The van der Waals surface area contributed by atoms with E-state index >= 15 is 0 Å². The van der Waals surface area contributed by atoms with Crippen LogP contribution in [0, 0.1) is 0 Å². The van der Waals surface area contributed by atoms with Crippen molar-refractivity contribution < 1.29 is 4.79 Å². The van der Waals surface area contributed by atoms with Crippen molar-refractivity contribution in [3.63, 3.8) is 0 Å². The van der Waals surface area contributed by atoms with E-state index in [0.717, 1.165) is 12.8 Å². The first-order chi connectivity index (χ1) is 7.59. The van der Waals surface area contributed by atoms with Gasteiger partial charge >= 0.3 is 0 Å². The molecule has 0 aliphatic carbocycles. The second-order valence-electron chi connectivity index (χ2n) is 4.17. The van der Waals surface area contributed by atoms with Gasteiger partial charge in [-0.1, -0.05) is 6.07 Å². The van der Waals surface area contributed by atoms with Gasteiger partial charge in [0.15, 0.2) is 0 Å². The molecule has 3 N–H and O–H groups in total. The summed E-state index contributed by atoms with van der Waals surface area (Å²) in [4.78, 5) is 12.8. The van der Waals surface area contributed by atoms with E-state index in [-0.39, 0.29) is 18.0 Å². The zero-order valence-electron chi connectivity index (χ0n) is 9.90. The lowest BCUT2D eigenvalue weighted by Crippen LogP contribution is -2.26. The van der Waals surface area contributed by atoms with Gasteiger partial charge in [0.2, 0.25) is 5.91 Å². The third-order valence-electron chi connectivity index (χ3n) is 2.41. The molecule has 16 heavy (non-hydrogen) atoms. The summed E-state index contributed by atoms with van der Waals surface area (Å²) < 4.78 is 0. The van der Waals surface area contributed by atoms with Crippen LogP contribution in [-0.2, 0) is 4.79 Å². The molecule has 0 saturated heterocycles. The average Bonchev–Trinajstić information content (AvgIpc) is 2.69. The van der Waals surface area contributed by atoms with Gasteiger partial charge in [-0.05, 0) is 38.1 Å². The maximum Gasteiger partial charge on any atom is 0.220 e. The van der Waals surface area contributed by atoms with Crippen LogP contribution in [0.3, 0.4) is 0 Å². The Morgan fingerprint density at radius 2 is 2.31 bits per heavy atom. The summed E-state index contributed by atoms with van der Waals surface area (Å²) in [7, 11) is 0. The summed E-state index contributed by atoms with van der Waals surface area (Å²) in [5, 5.41) is 5.01. The third-order valence-corrected chi connectivity index (χ3v) is 3.47. The Morgan fingerprint density at radius 3 is 2.88 bits per heavy atom. The lowest BCUT2D eigenvalue weighted by molar-refractivity contribution is -0.121. The van der Waals surface area contributed by atoms with Gasteiger partial charge in [-0.25, -0.2) is 0 Å². The number of amides is 1. The Morgan fingerprint density at radius 1 is 1.56 bits per heavy atom. The van der Waals surface area contributed by atoms with Gasteiger partial charge in [0.25, 0.3) is 0 Å². The largest absolute Gasteiger partial charge is 0.349 e. The average molecular weight is 240 g/mol. The van der Waals surface area contributed by atoms with E-state index in [1.165, 1.54) is 4.88 Å². The highest BCUT2D eigenvalue weighted by Crippen LogP contribution is 2.18. The molecule has 0 bridgehead atoms. The lowest BCUT2D eigenvalue weighted by atomic mass is 10.1. The summed E-state index contributed by atoms with van der Waals surface area (Å²) in [5.74, 6) is 0.113. The Balaban J connectivity index is 2.24. The Bertz CT molecular complexity index is 309. The number of rotatable bonds is 6. The minimum absolute atomic E-state index is 0.113. The van der Waals surface area contributed by atoms with Gasteiger partial charge in [-0.15, -0.1) is 11.3 Å². The van der Waals surface area contributed by atoms with E-state index in [2.05, 4.69) is 5.32 Å². The predicted molar refractivity (Wildman–Crippen MR) is 68.4 cm³/mol. The standard InChI is InChI=1S/C12H20N2OS/c1-9(13)5-3-7-12(15)14-10(2)11-6-4-8-16-11/h4,6,8-10H,3,5,7,13H2,1-2H3,(H,14,15)/t9?,10-/m0/s1. The molecule has 1 amide bonds. The minimum atomic E-state index is 0.113. The second kappa shape index (κ2) is 6.66. The fourth-order valence-electron chi connectivity index (χ4n) is 1.51. The molecule has 3 nitrogen and oxygen atoms in total. The molecule has 1 aromatic heterocycles. The number of hydrogen-bond acceptors (Lipinski definition) is 3. The second-order valence-corrected chi connectivity index (χ2v) is 5.15. The van der Waals surface area contributed by atoms with E-state index in [1.54, 1.807) is 11.3 Å². The summed E-state index contributed by atoms with van der Waals surface area (Å²) in [6, 6.07) is 4.33. The molecule has 1 heterocycles. The fraction of sp³-hybridized carbons (Fsp3) is 0.583. The molecular formula is C12H20N2OS. The summed E-state index contributed by atoms with van der Waals surface area (Å²) in [6.45, 7) is 3.97. The number of nitrogens with two attached hydrogens (primary N) is 1. The quantitative estimate of drug-likeness (QED) is 0.802. The number of carbonyl (C=O) groups is 1. The number of hydrogen-bond donors (Lipinski definition) is 2. The lowest BCUT2D eigenvalue weighted by Gasteiger charge is -2.12. The smallest absolute Gasteiger partial charge is 0.220 e. The maximum absolute atomic E-state index is 11.6. The van der Waals surface area contributed by atoms with Crippen LogP contribution in [0.4, 0.5) is 0 Å². The molecule has 0 aromatic carbocycles. The zero-order chi connectivity index (χ0) is 12.0. The fourth-order valence-corrected chi connectivity index (χ4v) is 2.24. The summed E-state index contributed by atoms with van der Waals surface area (Å²) in [5.41, 5.74) is 5.63. The minimum Gasteiger partial charge on any atom is -0.349 e. The van der Waals surface area contributed by atoms with Crippen LogP contribution in [0.15, 0.2) is 17.5 Å². The van der Waals surface area contributed by atoms with Crippen LogP contribution in [0.1, 0.15) is 44.0 Å². The van der Waals surface area contributed by atoms with Crippen molar-refractivity contribution in [3.8, 4) is 0 Å². The van der Waals surface area contributed by atoms with Crippen molar-refractivity contribution in [2.75, 3.05) is 0 Å². The van der Waals surface area contributed by atoms with Crippen molar-refractivity contribution in [2.24, 2.45) is 5.73 Å². The van der Waals surface area contributed by atoms with Crippen LogP contribution >= 0.6 is 11.3 Å². The van der Waals surface area contributed by atoms with Crippen molar-refractivity contribution in [2.45, 2.75) is 45.2 Å². The van der Waals surface area contributed by atoms with Crippen molar-refractivity contribution in [3.05, 3.63) is 22.4 Å². The first-order valence-corrected chi connectivity index (χ1v) is 6.56. The molecule has 90 valence electrons. The molecule has 1 aromatic rings. The summed E-state index contributed by atoms with van der Waals surface area (Å²) >= 11 is 1.67. The highest BCUT2D eigenvalue weighted by atomic mass is 32.1. The molecule has 0 saturated carbocycles. The maximum atomic E-state index is 11.6. The molecule has 0 aliphatic rings. The van der Waals surface area contributed by atoms with Gasteiger partial charge in [-0.2, -0.15) is 0 Å². The van der Waals surface area contributed by atoms with Crippen molar-refractivity contribution in [1.29, 1.82) is 0 Å². The van der Waals surface area contributed by atoms with E-state index in [4.69, 9.17) is 5.73 Å². The van der Waals surface area contributed by atoms with Gasteiger partial charge in [0.1, 0.15) is 0 Å². The monoisotopic (exact) mass is 240 g/mol. The van der Waals surface area contributed by atoms with Gasteiger partial charge in [0.05, 0.1) is 6.04 Å². The van der Waals surface area contributed by atoms with E-state index in [9.17, 15) is 4.79 Å². The molecule has 1 unspecified atom stereocenters. The van der Waals surface area contributed by atoms with Gasteiger partial charge < -0.3 is 11.1 Å². The zero-order valence-corrected chi connectivity index (χ0v) is 10.7. The van der Waals surface area contributed by atoms with Crippen LogP contribution in [0.2, 0.25) is 0 Å². The highest BCUT2D eigenvalue weighted by Gasteiger charge is 2.09. The normalized spacial score (nSPS) is 14.4. The number of thiophene rings is 1. The van der Waals surface area contributed by atoms with Crippen LogP contribution < -0.4 is 11.1 Å². The van der Waals surface area contributed by atoms with Crippen LogP contribution in [-0.4, -0.2) is 11.9 Å². The molecule has 0 radical (unpaired) electrons. The van der Waals surface area contributed by atoms with E-state index in [1.807, 2.05) is 31.4 Å². The predicted octanol–water partition coefficient (Wildman–Crippen LogP) is 2.44. The number of carbonyl (C=O) groups excluding carboxylic acids is 1. The summed E-state index contributed by atoms with van der Waals surface area (Å²) in [6.07, 6.45) is 2.33. The third kappa shape index (κ3) is 4.77.